The van der Waals surface area contributed by atoms with E-state index in [1.807, 2.05) is 80.6 Å². The zero-order valence-electron chi connectivity index (χ0n) is 19.4. The molecule has 1 N–H and O–H groups in total. The SMILES string of the molecule is CC(C)CNC(=O)C(C)N(CCc1ccccc1)C(=O)COc1ccc2ccccc2c1Br. The van der Waals surface area contributed by atoms with Gasteiger partial charge in [0.1, 0.15) is 11.8 Å². The van der Waals surface area contributed by atoms with E-state index in [9.17, 15) is 9.59 Å². The lowest BCUT2D eigenvalue weighted by molar-refractivity contribution is -0.141. The smallest absolute Gasteiger partial charge is 0.261 e. The normalized spacial score (nSPS) is 11.9. The van der Waals surface area contributed by atoms with E-state index < -0.39 is 6.04 Å². The van der Waals surface area contributed by atoms with Gasteiger partial charge in [-0.1, -0.05) is 74.5 Å². The Labute approximate surface area is 204 Å². The van der Waals surface area contributed by atoms with Crippen molar-refractivity contribution in [2.45, 2.75) is 33.2 Å². The average Bonchev–Trinajstić information content (AvgIpc) is 2.82. The molecule has 2 amide bonds. The standard InChI is InChI=1S/C27H31BrN2O3/c1-19(2)17-29-27(32)20(3)30(16-15-21-9-5-4-6-10-21)25(31)18-33-24-14-13-22-11-7-8-12-23(22)26(24)28/h4-14,19-20H,15-18H2,1-3H3,(H,29,32). The van der Waals surface area contributed by atoms with Crippen molar-refractivity contribution < 1.29 is 14.3 Å². The maximum atomic E-state index is 13.2. The molecule has 1 unspecified atom stereocenters. The van der Waals surface area contributed by atoms with Crippen LogP contribution in [0.2, 0.25) is 0 Å². The number of ether oxygens (including phenoxy) is 1. The fraction of sp³-hybridized carbons (Fsp3) is 0.333. The third-order valence-electron chi connectivity index (χ3n) is 5.52. The van der Waals surface area contributed by atoms with Gasteiger partial charge in [0, 0.05) is 13.1 Å². The average molecular weight is 511 g/mol. The van der Waals surface area contributed by atoms with Gasteiger partial charge in [-0.25, -0.2) is 0 Å². The minimum Gasteiger partial charge on any atom is -0.483 e. The van der Waals surface area contributed by atoms with Crippen molar-refractivity contribution in [3.63, 3.8) is 0 Å². The molecule has 0 spiro atoms. The van der Waals surface area contributed by atoms with Gasteiger partial charge in [0.15, 0.2) is 6.61 Å². The number of fused-ring (bicyclic) bond motifs is 1. The molecule has 0 fully saturated rings. The van der Waals surface area contributed by atoms with Gasteiger partial charge in [-0.2, -0.15) is 0 Å². The Kier molecular flexibility index (Phi) is 8.89. The number of carbonyl (C=O) groups excluding carboxylic acids is 2. The van der Waals surface area contributed by atoms with Gasteiger partial charge in [-0.15, -0.1) is 0 Å². The second-order valence-electron chi connectivity index (χ2n) is 8.53. The van der Waals surface area contributed by atoms with Crippen LogP contribution in [-0.2, 0) is 16.0 Å². The van der Waals surface area contributed by atoms with Crippen molar-refractivity contribution in [2.75, 3.05) is 19.7 Å². The Morgan fingerprint density at radius 1 is 0.970 bits per heavy atom. The number of carbonyl (C=O) groups is 2. The van der Waals surface area contributed by atoms with Crippen molar-refractivity contribution in [2.24, 2.45) is 5.92 Å². The summed E-state index contributed by atoms with van der Waals surface area (Å²) in [6.07, 6.45) is 0.661. The molecule has 174 valence electrons. The first-order chi connectivity index (χ1) is 15.9. The molecular weight excluding hydrogens is 480 g/mol. The highest BCUT2D eigenvalue weighted by Gasteiger charge is 2.26. The Hall–Kier alpha value is -2.86. The second kappa shape index (κ2) is 11.8. The van der Waals surface area contributed by atoms with Crippen molar-refractivity contribution >= 4 is 38.5 Å². The van der Waals surface area contributed by atoms with Gasteiger partial charge in [-0.05, 0) is 57.6 Å². The predicted molar refractivity (Wildman–Crippen MR) is 136 cm³/mol. The number of rotatable bonds is 10. The Morgan fingerprint density at radius 2 is 1.67 bits per heavy atom. The number of halogens is 1. The first-order valence-electron chi connectivity index (χ1n) is 11.3. The summed E-state index contributed by atoms with van der Waals surface area (Å²) in [7, 11) is 0. The van der Waals surface area contributed by atoms with Gasteiger partial charge in [-0.3, -0.25) is 9.59 Å². The lowest BCUT2D eigenvalue weighted by Crippen LogP contribution is -2.50. The number of nitrogens with zero attached hydrogens (tertiary/aromatic N) is 1. The zero-order chi connectivity index (χ0) is 23.8. The molecule has 0 saturated heterocycles. The van der Waals surface area contributed by atoms with E-state index in [1.54, 1.807) is 11.8 Å². The maximum absolute atomic E-state index is 13.2. The summed E-state index contributed by atoms with van der Waals surface area (Å²) in [6, 6.07) is 21.2. The van der Waals surface area contributed by atoms with Crippen molar-refractivity contribution in [1.82, 2.24) is 10.2 Å². The molecule has 0 aliphatic heterocycles. The molecule has 3 aromatic carbocycles. The summed E-state index contributed by atoms with van der Waals surface area (Å²) in [6.45, 7) is 6.71. The van der Waals surface area contributed by atoms with Crippen molar-refractivity contribution in [3.05, 3.63) is 76.8 Å². The van der Waals surface area contributed by atoms with E-state index in [1.165, 1.54) is 0 Å². The van der Waals surface area contributed by atoms with Crippen LogP contribution in [0, 0.1) is 5.92 Å². The molecule has 33 heavy (non-hydrogen) atoms. The molecule has 6 heteroatoms. The molecule has 3 aromatic rings. The first kappa shape index (κ1) is 24.8. The van der Waals surface area contributed by atoms with Crippen LogP contribution in [0.15, 0.2) is 71.2 Å². The van der Waals surface area contributed by atoms with Gasteiger partial charge in [0.2, 0.25) is 5.91 Å². The topological polar surface area (TPSA) is 58.6 Å². The van der Waals surface area contributed by atoms with E-state index in [0.29, 0.717) is 31.2 Å². The highest BCUT2D eigenvalue weighted by Crippen LogP contribution is 2.33. The number of hydrogen-bond donors (Lipinski definition) is 1. The van der Waals surface area contributed by atoms with Crippen LogP contribution in [-0.4, -0.2) is 42.5 Å². The Balaban J connectivity index is 1.72. The maximum Gasteiger partial charge on any atom is 0.261 e. The third-order valence-corrected chi connectivity index (χ3v) is 6.33. The number of benzene rings is 3. The first-order valence-corrected chi connectivity index (χ1v) is 12.1. The predicted octanol–water partition coefficient (Wildman–Crippen LogP) is 5.21. The van der Waals surface area contributed by atoms with Crippen LogP contribution in [0.5, 0.6) is 5.75 Å². The van der Waals surface area contributed by atoms with Crippen LogP contribution in [0.4, 0.5) is 0 Å². The number of hydrogen-bond acceptors (Lipinski definition) is 3. The molecule has 0 aliphatic rings. The van der Waals surface area contributed by atoms with Gasteiger partial charge in [0.05, 0.1) is 4.47 Å². The molecule has 0 bridgehead atoms. The monoisotopic (exact) mass is 510 g/mol. The molecule has 5 nitrogen and oxygen atoms in total. The third kappa shape index (κ3) is 6.81. The Bertz CT molecular complexity index is 1090. The summed E-state index contributed by atoms with van der Waals surface area (Å²) >= 11 is 3.60. The van der Waals surface area contributed by atoms with E-state index in [2.05, 4.69) is 21.2 Å². The fourth-order valence-corrected chi connectivity index (χ4v) is 4.18. The van der Waals surface area contributed by atoms with Gasteiger partial charge < -0.3 is 15.0 Å². The summed E-state index contributed by atoms with van der Waals surface area (Å²) in [5, 5.41) is 5.04. The van der Waals surface area contributed by atoms with E-state index in [-0.39, 0.29) is 18.4 Å². The lowest BCUT2D eigenvalue weighted by Gasteiger charge is -2.29. The minimum atomic E-state index is -0.594. The van der Waals surface area contributed by atoms with Crippen LogP contribution in [0.3, 0.4) is 0 Å². The molecule has 0 aliphatic carbocycles. The molecule has 0 heterocycles. The quantitative estimate of drug-likeness (QED) is 0.407. The summed E-state index contributed by atoms with van der Waals surface area (Å²) in [5.41, 5.74) is 1.11. The Morgan fingerprint density at radius 3 is 2.39 bits per heavy atom. The fourth-order valence-electron chi connectivity index (χ4n) is 3.57. The minimum absolute atomic E-state index is 0.145. The highest BCUT2D eigenvalue weighted by molar-refractivity contribution is 9.10. The van der Waals surface area contributed by atoms with Crippen LogP contribution >= 0.6 is 15.9 Å². The lowest BCUT2D eigenvalue weighted by atomic mass is 10.1. The van der Waals surface area contributed by atoms with E-state index >= 15 is 0 Å². The summed E-state index contributed by atoms with van der Waals surface area (Å²) < 4.78 is 6.71. The zero-order valence-corrected chi connectivity index (χ0v) is 21.0. The van der Waals surface area contributed by atoms with Gasteiger partial charge in [0.25, 0.3) is 5.91 Å². The van der Waals surface area contributed by atoms with E-state index in [4.69, 9.17) is 4.74 Å². The second-order valence-corrected chi connectivity index (χ2v) is 9.32. The summed E-state index contributed by atoms with van der Waals surface area (Å²) in [5.74, 6) is 0.556. The number of nitrogens with one attached hydrogen (secondary N) is 1. The van der Waals surface area contributed by atoms with Crippen LogP contribution < -0.4 is 10.1 Å². The molecule has 3 rings (SSSR count). The largest absolute Gasteiger partial charge is 0.483 e. The van der Waals surface area contributed by atoms with E-state index in [0.717, 1.165) is 20.8 Å². The van der Waals surface area contributed by atoms with Crippen molar-refractivity contribution in [1.29, 1.82) is 0 Å². The highest BCUT2D eigenvalue weighted by atomic mass is 79.9. The molecule has 0 aromatic heterocycles. The molecular formula is C27H31BrN2O3. The molecule has 0 radical (unpaired) electrons. The summed E-state index contributed by atoms with van der Waals surface area (Å²) in [4.78, 5) is 27.5. The van der Waals surface area contributed by atoms with Crippen LogP contribution in [0.25, 0.3) is 10.8 Å². The van der Waals surface area contributed by atoms with Crippen LogP contribution in [0.1, 0.15) is 26.3 Å². The van der Waals surface area contributed by atoms with Gasteiger partial charge >= 0.3 is 0 Å². The molecule has 0 saturated carbocycles. The molecule has 1 atom stereocenters. The van der Waals surface area contributed by atoms with Crippen molar-refractivity contribution in [3.8, 4) is 5.75 Å². The number of amides is 2.